The second-order valence-corrected chi connectivity index (χ2v) is 6.16. The van der Waals surface area contributed by atoms with E-state index in [2.05, 4.69) is 0 Å². The average molecular weight is 353 g/mol. The molecule has 0 heterocycles. The van der Waals surface area contributed by atoms with E-state index in [1.807, 2.05) is 13.0 Å². The third-order valence-corrected chi connectivity index (χ3v) is 4.32. The standard InChI is InChI=1S/C18H27NO6/c1-13(10-11-25-18(20)15-8-6-5-7-9-15)17(19(21)22)14(2)12-16(23-3)24-4/h5-9,13-14,16-17H,10-12H2,1-4H3/t13-,14-,17?/m1/s1. The lowest BCUT2D eigenvalue weighted by molar-refractivity contribution is -0.542. The fourth-order valence-electron chi connectivity index (χ4n) is 2.87. The second kappa shape index (κ2) is 10.8. The van der Waals surface area contributed by atoms with E-state index in [4.69, 9.17) is 14.2 Å². The number of esters is 1. The van der Waals surface area contributed by atoms with Gasteiger partial charge in [-0.05, 0) is 18.6 Å². The lowest BCUT2D eigenvalue weighted by atomic mass is 9.87. The van der Waals surface area contributed by atoms with Crippen molar-refractivity contribution in [2.24, 2.45) is 11.8 Å². The first kappa shape index (κ1) is 21.1. The van der Waals surface area contributed by atoms with Gasteiger partial charge >= 0.3 is 5.97 Å². The highest BCUT2D eigenvalue weighted by atomic mass is 16.7. The van der Waals surface area contributed by atoms with Crippen LogP contribution in [0.2, 0.25) is 0 Å². The number of carbonyl (C=O) groups is 1. The van der Waals surface area contributed by atoms with Crippen LogP contribution in [-0.4, -0.2) is 44.1 Å². The summed E-state index contributed by atoms with van der Waals surface area (Å²) in [5.74, 6) is -0.903. The van der Waals surface area contributed by atoms with Crippen molar-refractivity contribution in [3.8, 4) is 0 Å². The van der Waals surface area contributed by atoms with Crippen LogP contribution in [0.1, 0.15) is 37.0 Å². The zero-order valence-corrected chi connectivity index (χ0v) is 15.2. The molecule has 140 valence electrons. The van der Waals surface area contributed by atoms with E-state index in [0.717, 1.165) is 0 Å². The molecule has 0 fully saturated rings. The smallest absolute Gasteiger partial charge is 0.338 e. The number of rotatable bonds is 11. The Hall–Kier alpha value is -1.99. The van der Waals surface area contributed by atoms with Crippen molar-refractivity contribution in [1.29, 1.82) is 0 Å². The maximum atomic E-state index is 11.9. The van der Waals surface area contributed by atoms with Crippen LogP contribution in [0.3, 0.4) is 0 Å². The van der Waals surface area contributed by atoms with Crippen LogP contribution >= 0.6 is 0 Å². The summed E-state index contributed by atoms with van der Waals surface area (Å²) in [4.78, 5) is 23.1. The van der Waals surface area contributed by atoms with Crippen LogP contribution in [0.25, 0.3) is 0 Å². The maximum Gasteiger partial charge on any atom is 0.338 e. The Bertz CT molecular complexity index is 532. The number of benzene rings is 1. The van der Waals surface area contributed by atoms with E-state index >= 15 is 0 Å². The fraction of sp³-hybridized carbons (Fsp3) is 0.611. The van der Waals surface area contributed by atoms with E-state index in [1.165, 1.54) is 14.2 Å². The first-order valence-corrected chi connectivity index (χ1v) is 8.31. The van der Waals surface area contributed by atoms with Gasteiger partial charge in [0, 0.05) is 37.4 Å². The Morgan fingerprint density at radius 1 is 1.12 bits per heavy atom. The normalized spacial score (nSPS) is 14.8. The highest BCUT2D eigenvalue weighted by molar-refractivity contribution is 5.89. The third-order valence-electron chi connectivity index (χ3n) is 4.32. The first-order valence-electron chi connectivity index (χ1n) is 8.31. The summed E-state index contributed by atoms with van der Waals surface area (Å²) < 4.78 is 15.5. The first-order chi connectivity index (χ1) is 11.9. The third kappa shape index (κ3) is 6.80. The zero-order chi connectivity index (χ0) is 18.8. The number of hydrogen-bond acceptors (Lipinski definition) is 6. The van der Waals surface area contributed by atoms with Crippen molar-refractivity contribution in [3.05, 3.63) is 46.0 Å². The van der Waals surface area contributed by atoms with Gasteiger partial charge in [0.05, 0.1) is 12.2 Å². The summed E-state index contributed by atoms with van der Waals surface area (Å²) in [5.41, 5.74) is 0.470. The van der Waals surface area contributed by atoms with Gasteiger partial charge in [0.2, 0.25) is 6.04 Å². The predicted molar refractivity (Wildman–Crippen MR) is 92.9 cm³/mol. The Morgan fingerprint density at radius 3 is 2.24 bits per heavy atom. The van der Waals surface area contributed by atoms with E-state index in [-0.39, 0.29) is 23.4 Å². The van der Waals surface area contributed by atoms with Crippen LogP contribution in [0.5, 0.6) is 0 Å². The molecule has 3 atom stereocenters. The van der Waals surface area contributed by atoms with Crippen LogP contribution in [-0.2, 0) is 14.2 Å². The number of carbonyl (C=O) groups excluding carboxylic acids is 1. The molecule has 1 rings (SSSR count). The number of methoxy groups -OCH3 is 2. The van der Waals surface area contributed by atoms with Gasteiger partial charge in [-0.2, -0.15) is 0 Å². The topological polar surface area (TPSA) is 87.9 Å². The second-order valence-electron chi connectivity index (χ2n) is 6.16. The van der Waals surface area contributed by atoms with Gasteiger partial charge in [0.25, 0.3) is 0 Å². The van der Waals surface area contributed by atoms with Crippen LogP contribution in [0.4, 0.5) is 0 Å². The molecule has 0 aliphatic heterocycles. The summed E-state index contributed by atoms with van der Waals surface area (Å²) in [6.45, 7) is 3.75. The van der Waals surface area contributed by atoms with E-state index in [9.17, 15) is 14.9 Å². The molecule has 7 heteroatoms. The number of ether oxygens (including phenoxy) is 3. The molecule has 1 unspecified atom stereocenters. The molecule has 1 aromatic rings. The predicted octanol–water partition coefficient (Wildman–Crippen LogP) is 3.16. The highest BCUT2D eigenvalue weighted by Crippen LogP contribution is 2.24. The van der Waals surface area contributed by atoms with E-state index in [0.29, 0.717) is 18.4 Å². The molecule has 0 saturated carbocycles. The van der Waals surface area contributed by atoms with Crippen molar-refractivity contribution >= 4 is 5.97 Å². The molecule has 0 spiro atoms. The van der Waals surface area contributed by atoms with Gasteiger partial charge in [-0.15, -0.1) is 0 Å². The summed E-state index contributed by atoms with van der Waals surface area (Å²) in [6.07, 6.45) is 0.368. The lowest BCUT2D eigenvalue weighted by Crippen LogP contribution is -2.37. The maximum absolute atomic E-state index is 11.9. The summed E-state index contributed by atoms with van der Waals surface area (Å²) in [5, 5.41) is 11.5. The summed E-state index contributed by atoms with van der Waals surface area (Å²) in [7, 11) is 3.02. The molecule has 0 aliphatic carbocycles. The molecule has 25 heavy (non-hydrogen) atoms. The van der Waals surface area contributed by atoms with Crippen LogP contribution < -0.4 is 0 Å². The largest absolute Gasteiger partial charge is 0.462 e. The SMILES string of the molecule is COC(C[C@@H](C)C([C@H](C)CCOC(=O)c1ccccc1)[N+](=O)[O-])OC. The number of nitro groups is 1. The number of hydrogen-bond donors (Lipinski definition) is 0. The minimum atomic E-state index is -0.761. The Labute approximate surface area is 148 Å². The van der Waals surface area contributed by atoms with Crippen LogP contribution in [0, 0.1) is 22.0 Å². The quantitative estimate of drug-likeness (QED) is 0.263. The average Bonchev–Trinajstić information content (AvgIpc) is 2.60. The summed E-state index contributed by atoms with van der Waals surface area (Å²) >= 11 is 0. The molecule has 0 radical (unpaired) electrons. The molecule has 0 bridgehead atoms. The van der Waals surface area contributed by atoms with Crippen molar-refractivity contribution in [1.82, 2.24) is 0 Å². The molecule has 0 aromatic heterocycles. The lowest BCUT2D eigenvalue weighted by Gasteiger charge is -2.25. The van der Waals surface area contributed by atoms with Crippen LogP contribution in [0.15, 0.2) is 30.3 Å². The van der Waals surface area contributed by atoms with Gasteiger partial charge in [-0.3, -0.25) is 10.1 Å². The molecule has 0 aliphatic rings. The van der Waals surface area contributed by atoms with Gasteiger partial charge in [-0.25, -0.2) is 4.79 Å². The molecule has 1 aromatic carbocycles. The molecule has 0 saturated heterocycles. The van der Waals surface area contributed by atoms with Gasteiger partial charge in [-0.1, -0.05) is 32.0 Å². The van der Waals surface area contributed by atoms with Crippen molar-refractivity contribution in [2.75, 3.05) is 20.8 Å². The minimum Gasteiger partial charge on any atom is -0.462 e. The van der Waals surface area contributed by atoms with Crippen molar-refractivity contribution < 1.29 is 23.9 Å². The Balaban J connectivity index is 2.54. The Morgan fingerprint density at radius 2 is 1.72 bits per heavy atom. The Kier molecular flexibility index (Phi) is 9.08. The van der Waals surface area contributed by atoms with Gasteiger partial charge in [0.15, 0.2) is 6.29 Å². The van der Waals surface area contributed by atoms with E-state index < -0.39 is 18.3 Å². The number of nitrogens with zero attached hydrogens (tertiary/aromatic N) is 1. The molecule has 0 N–H and O–H groups in total. The molecular weight excluding hydrogens is 326 g/mol. The van der Waals surface area contributed by atoms with Gasteiger partial charge in [0.1, 0.15) is 0 Å². The molecular formula is C18H27NO6. The minimum absolute atomic E-state index is 0.143. The summed E-state index contributed by atoms with van der Waals surface area (Å²) in [6, 6.07) is 7.90. The molecule has 7 nitrogen and oxygen atoms in total. The van der Waals surface area contributed by atoms with Gasteiger partial charge < -0.3 is 14.2 Å². The molecule has 0 amide bonds. The van der Waals surface area contributed by atoms with Crippen molar-refractivity contribution in [2.45, 2.75) is 39.0 Å². The zero-order valence-electron chi connectivity index (χ0n) is 15.2. The fourth-order valence-corrected chi connectivity index (χ4v) is 2.87. The monoisotopic (exact) mass is 353 g/mol. The van der Waals surface area contributed by atoms with Crippen molar-refractivity contribution in [3.63, 3.8) is 0 Å². The van der Waals surface area contributed by atoms with E-state index in [1.54, 1.807) is 31.2 Å². The highest BCUT2D eigenvalue weighted by Gasteiger charge is 2.35.